The van der Waals surface area contributed by atoms with Gasteiger partial charge in [0, 0.05) is 0 Å². The Kier molecular flexibility index (Phi) is 5.63. The van der Waals surface area contributed by atoms with E-state index in [1.165, 1.54) is 5.56 Å². The highest BCUT2D eigenvalue weighted by atomic mass is 19.1. The third-order valence-electron chi connectivity index (χ3n) is 3.07. The fourth-order valence-corrected chi connectivity index (χ4v) is 2.06. The zero-order valence-electron chi connectivity index (χ0n) is 11.4. The lowest BCUT2D eigenvalue weighted by molar-refractivity contribution is 0.524. The number of halogens is 1. The minimum atomic E-state index is -0.142. The molecule has 1 aromatic carbocycles. The average molecular weight is 237 g/mol. The molecule has 0 aliphatic carbocycles. The first kappa shape index (κ1) is 14.2. The molecular formula is C15H24FN. The highest BCUT2D eigenvalue weighted by Gasteiger charge is 2.08. The Morgan fingerprint density at radius 1 is 1.24 bits per heavy atom. The molecule has 0 aliphatic rings. The first-order valence-electron chi connectivity index (χ1n) is 6.47. The van der Waals surface area contributed by atoms with Crippen molar-refractivity contribution in [1.82, 2.24) is 5.32 Å². The van der Waals surface area contributed by atoms with Gasteiger partial charge in [0.15, 0.2) is 0 Å². The molecule has 0 heterocycles. The molecule has 0 amide bonds. The van der Waals surface area contributed by atoms with Gasteiger partial charge >= 0.3 is 0 Å². The van der Waals surface area contributed by atoms with E-state index < -0.39 is 0 Å². The maximum atomic E-state index is 13.0. The van der Waals surface area contributed by atoms with Crippen LogP contribution in [-0.4, -0.2) is 13.1 Å². The lowest BCUT2D eigenvalue weighted by atomic mass is 9.93. The highest BCUT2D eigenvalue weighted by molar-refractivity contribution is 5.29. The third-order valence-corrected chi connectivity index (χ3v) is 3.07. The molecule has 0 fully saturated rings. The standard InChI is InChI=1S/C15H24FN/c1-11(2)10-17-8-7-12(3)15-6-5-14(16)9-13(15)4/h5-6,9,11-12,17H,7-8,10H2,1-4H3. The molecule has 1 rings (SSSR count). The first-order valence-corrected chi connectivity index (χ1v) is 6.47. The molecule has 0 saturated carbocycles. The van der Waals surface area contributed by atoms with E-state index in [1.807, 2.05) is 13.0 Å². The molecule has 96 valence electrons. The lowest BCUT2D eigenvalue weighted by Gasteiger charge is -2.15. The van der Waals surface area contributed by atoms with Crippen LogP contribution in [0.2, 0.25) is 0 Å². The summed E-state index contributed by atoms with van der Waals surface area (Å²) in [5.74, 6) is 1.03. The van der Waals surface area contributed by atoms with Crippen molar-refractivity contribution >= 4 is 0 Å². The van der Waals surface area contributed by atoms with Crippen LogP contribution >= 0.6 is 0 Å². The molecule has 1 N–H and O–H groups in total. The van der Waals surface area contributed by atoms with Gasteiger partial charge in [0.2, 0.25) is 0 Å². The van der Waals surface area contributed by atoms with Crippen molar-refractivity contribution in [3.8, 4) is 0 Å². The van der Waals surface area contributed by atoms with Gasteiger partial charge in [-0.3, -0.25) is 0 Å². The Bertz CT molecular complexity index is 347. The van der Waals surface area contributed by atoms with Crippen LogP contribution < -0.4 is 5.32 Å². The number of aryl methyl sites for hydroxylation is 1. The molecule has 0 saturated heterocycles. The quantitative estimate of drug-likeness (QED) is 0.740. The maximum Gasteiger partial charge on any atom is 0.123 e. The van der Waals surface area contributed by atoms with E-state index in [4.69, 9.17) is 0 Å². The molecule has 0 aromatic heterocycles. The fraction of sp³-hybridized carbons (Fsp3) is 0.600. The van der Waals surface area contributed by atoms with Crippen LogP contribution in [0, 0.1) is 18.7 Å². The van der Waals surface area contributed by atoms with Gasteiger partial charge in [-0.25, -0.2) is 4.39 Å². The van der Waals surface area contributed by atoms with Crippen LogP contribution in [-0.2, 0) is 0 Å². The monoisotopic (exact) mass is 237 g/mol. The van der Waals surface area contributed by atoms with Crippen molar-refractivity contribution in [2.45, 2.75) is 40.0 Å². The Balaban J connectivity index is 2.44. The zero-order chi connectivity index (χ0) is 12.8. The fourth-order valence-electron chi connectivity index (χ4n) is 2.06. The van der Waals surface area contributed by atoms with Crippen LogP contribution in [0.5, 0.6) is 0 Å². The summed E-state index contributed by atoms with van der Waals surface area (Å²) in [5, 5.41) is 3.44. The number of benzene rings is 1. The minimum Gasteiger partial charge on any atom is -0.316 e. The third kappa shape index (κ3) is 4.86. The Morgan fingerprint density at radius 2 is 1.94 bits per heavy atom. The van der Waals surface area contributed by atoms with E-state index in [2.05, 4.69) is 26.1 Å². The van der Waals surface area contributed by atoms with Crippen molar-refractivity contribution in [1.29, 1.82) is 0 Å². The molecule has 1 unspecified atom stereocenters. The summed E-state index contributed by atoms with van der Waals surface area (Å²) in [4.78, 5) is 0. The zero-order valence-corrected chi connectivity index (χ0v) is 11.4. The van der Waals surface area contributed by atoms with Gasteiger partial charge < -0.3 is 5.32 Å². The van der Waals surface area contributed by atoms with E-state index >= 15 is 0 Å². The second-order valence-corrected chi connectivity index (χ2v) is 5.29. The van der Waals surface area contributed by atoms with E-state index in [9.17, 15) is 4.39 Å². The molecule has 0 bridgehead atoms. The normalized spacial score (nSPS) is 13.1. The summed E-state index contributed by atoms with van der Waals surface area (Å²) in [5.41, 5.74) is 2.32. The Hall–Kier alpha value is -0.890. The van der Waals surface area contributed by atoms with Gasteiger partial charge in [0.25, 0.3) is 0 Å². The molecule has 1 atom stereocenters. The summed E-state index contributed by atoms with van der Waals surface area (Å²) >= 11 is 0. The number of rotatable bonds is 6. The van der Waals surface area contributed by atoms with Gasteiger partial charge in [0.1, 0.15) is 5.82 Å². The molecule has 1 aromatic rings. The SMILES string of the molecule is Cc1cc(F)ccc1C(C)CCNCC(C)C. The molecular weight excluding hydrogens is 213 g/mol. The van der Waals surface area contributed by atoms with Gasteiger partial charge in [-0.1, -0.05) is 26.8 Å². The van der Waals surface area contributed by atoms with Crippen molar-refractivity contribution in [2.75, 3.05) is 13.1 Å². The summed E-state index contributed by atoms with van der Waals surface area (Å²) in [6.45, 7) is 10.7. The van der Waals surface area contributed by atoms with Crippen LogP contribution in [0.15, 0.2) is 18.2 Å². The predicted molar refractivity (Wildman–Crippen MR) is 71.9 cm³/mol. The van der Waals surface area contributed by atoms with E-state index in [1.54, 1.807) is 12.1 Å². The van der Waals surface area contributed by atoms with Crippen LogP contribution in [0.3, 0.4) is 0 Å². The molecule has 0 radical (unpaired) electrons. The number of hydrogen-bond acceptors (Lipinski definition) is 1. The summed E-state index contributed by atoms with van der Waals surface area (Å²) in [7, 11) is 0. The average Bonchev–Trinajstić information content (AvgIpc) is 2.23. The van der Waals surface area contributed by atoms with E-state index in [0.717, 1.165) is 25.1 Å². The maximum absolute atomic E-state index is 13.0. The Labute approximate surface area is 104 Å². The van der Waals surface area contributed by atoms with E-state index in [-0.39, 0.29) is 5.82 Å². The second kappa shape index (κ2) is 6.75. The van der Waals surface area contributed by atoms with Crippen LogP contribution in [0.1, 0.15) is 44.2 Å². The molecule has 17 heavy (non-hydrogen) atoms. The molecule has 0 spiro atoms. The minimum absolute atomic E-state index is 0.142. The molecule has 2 heteroatoms. The summed E-state index contributed by atoms with van der Waals surface area (Å²) < 4.78 is 13.0. The van der Waals surface area contributed by atoms with Crippen molar-refractivity contribution in [3.05, 3.63) is 35.1 Å². The van der Waals surface area contributed by atoms with Gasteiger partial charge in [-0.05, 0) is 61.5 Å². The summed E-state index contributed by atoms with van der Waals surface area (Å²) in [6.07, 6.45) is 1.10. The van der Waals surface area contributed by atoms with Crippen LogP contribution in [0.25, 0.3) is 0 Å². The van der Waals surface area contributed by atoms with Crippen LogP contribution in [0.4, 0.5) is 4.39 Å². The second-order valence-electron chi connectivity index (χ2n) is 5.29. The summed E-state index contributed by atoms with van der Waals surface area (Å²) in [6, 6.07) is 5.09. The largest absolute Gasteiger partial charge is 0.316 e. The first-order chi connectivity index (χ1) is 8.00. The smallest absolute Gasteiger partial charge is 0.123 e. The van der Waals surface area contributed by atoms with Gasteiger partial charge in [-0.2, -0.15) is 0 Å². The van der Waals surface area contributed by atoms with Gasteiger partial charge in [-0.15, -0.1) is 0 Å². The number of hydrogen-bond donors (Lipinski definition) is 1. The van der Waals surface area contributed by atoms with Crippen molar-refractivity contribution in [2.24, 2.45) is 5.92 Å². The van der Waals surface area contributed by atoms with E-state index in [0.29, 0.717) is 11.8 Å². The number of nitrogens with one attached hydrogen (secondary N) is 1. The molecule has 0 aliphatic heterocycles. The topological polar surface area (TPSA) is 12.0 Å². The molecule has 1 nitrogen and oxygen atoms in total. The predicted octanol–water partition coefficient (Wildman–Crippen LogP) is 3.87. The Morgan fingerprint density at radius 3 is 2.53 bits per heavy atom. The van der Waals surface area contributed by atoms with Crippen molar-refractivity contribution in [3.63, 3.8) is 0 Å². The highest BCUT2D eigenvalue weighted by Crippen LogP contribution is 2.22. The lowest BCUT2D eigenvalue weighted by Crippen LogP contribution is -2.21. The van der Waals surface area contributed by atoms with Crippen molar-refractivity contribution < 1.29 is 4.39 Å². The van der Waals surface area contributed by atoms with Gasteiger partial charge in [0.05, 0.1) is 0 Å².